The SMILES string of the molecule is CCC1=CCC2C(COC2(CC)CC)C1. The van der Waals surface area contributed by atoms with Crippen LogP contribution in [-0.4, -0.2) is 12.2 Å². The molecule has 0 aromatic carbocycles. The van der Waals surface area contributed by atoms with Crippen LogP contribution in [0.3, 0.4) is 0 Å². The number of allylic oxidation sites excluding steroid dienone is 2. The molecule has 0 bridgehead atoms. The third-order valence-electron chi connectivity index (χ3n) is 4.67. The summed E-state index contributed by atoms with van der Waals surface area (Å²) in [5, 5.41) is 0. The summed E-state index contributed by atoms with van der Waals surface area (Å²) in [7, 11) is 0. The molecular weight excluding hydrogens is 184 g/mol. The molecule has 86 valence electrons. The van der Waals surface area contributed by atoms with E-state index in [1.165, 1.54) is 32.1 Å². The molecule has 0 aromatic rings. The molecule has 0 aromatic heterocycles. The van der Waals surface area contributed by atoms with Crippen LogP contribution < -0.4 is 0 Å². The van der Waals surface area contributed by atoms with E-state index in [1.807, 2.05) is 0 Å². The molecule has 1 fully saturated rings. The minimum atomic E-state index is 0.209. The quantitative estimate of drug-likeness (QED) is 0.638. The van der Waals surface area contributed by atoms with Gasteiger partial charge in [-0.3, -0.25) is 0 Å². The normalized spacial score (nSPS) is 33.7. The molecule has 0 N–H and O–H groups in total. The third-order valence-corrected chi connectivity index (χ3v) is 4.67. The van der Waals surface area contributed by atoms with E-state index in [-0.39, 0.29) is 5.60 Å². The largest absolute Gasteiger partial charge is 0.374 e. The number of hydrogen-bond donors (Lipinski definition) is 0. The summed E-state index contributed by atoms with van der Waals surface area (Å²) in [6.45, 7) is 7.84. The van der Waals surface area contributed by atoms with Gasteiger partial charge in [-0.15, -0.1) is 0 Å². The summed E-state index contributed by atoms with van der Waals surface area (Å²) in [5.74, 6) is 1.60. The average Bonchev–Trinajstić information content (AvgIpc) is 2.67. The van der Waals surface area contributed by atoms with Gasteiger partial charge in [-0.1, -0.05) is 32.4 Å². The van der Waals surface area contributed by atoms with E-state index in [9.17, 15) is 0 Å². The van der Waals surface area contributed by atoms with Crippen molar-refractivity contribution in [3.8, 4) is 0 Å². The summed E-state index contributed by atoms with van der Waals surface area (Å²) >= 11 is 0. The third kappa shape index (κ3) is 1.75. The Morgan fingerprint density at radius 3 is 2.67 bits per heavy atom. The molecule has 2 aliphatic rings. The standard InChI is InChI=1S/C14H24O/c1-4-11-7-8-13-12(9-11)10-15-14(13,5-2)6-3/h7,12-13H,4-6,8-10H2,1-3H3. The van der Waals surface area contributed by atoms with Crippen LogP contribution in [0.15, 0.2) is 11.6 Å². The number of rotatable bonds is 3. The number of hydrogen-bond acceptors (Lipinski definition) is 1. The fraction of sp³-hybridized carbons (Fsp3) is 0.857. The molecule has 0 spiro atoms. The minimum absolute atomic E-state index is 0.209. The number of fused-ring (bicyclic) bond motifs is 1. The second kappa shape index (κ2) is 4.29. The van der Waals surface area contributed by atoms with Crippen molar-refractivity contribution < 1.29 is 4.74 Å². The Balaban J connectivity index is 2.15. The molecule has 1 heterocycles. The zero-order valence-electron chi connectivity index (χ0n) is 10.4. The van der Waals surface area contributed by atoms with Crippen molar-refractivity contribution in [1.82, 2.24) is 0 Å². The topological polar surface area (TPSA) is 9.23 Å². The van der Waals surface area contributed by atoms with Crippen molar-refractivity contribution in [1.29, 1.82) is 0 Å². The first-order valence-electron chi connectivity index (χ1n) is 6.57. The van der Waals surface area contributed by atoms with Crippen LogP contribution in [0.1, 0.15) is 52.9 Å². The minimum Gasteiger partial charge on any atom is -0.374 e. The summed E-state index contributed by atoms with van der Waals surface area (Å²) in [6, 6.07) is 0. The highest BCUT2D eigenvalue weighted by Crippen LogP contribution is 2.48. The van der Waals surface area contributed by atoms with Gasteiger partial charge in [0.15, 0.2) is 0 Å². The first kappa shape index (κ1) is 11.2. The zero-order valence-corrected chi connectivity index (χ0v) is 10.4. The highest BCUT2D eigenvalue weighted by molar-refractivity contribution is 5.13. The van der Waals surface area contributed by atoms with Gasteiger partial charge in [-0.2, -0.15) is 0 Å². The van der Waals surface area contributed by atoms with Crippen molar-refractivity contribution in [2.24, 2.45) is 11.8 Å². The first-order chi connectivity index (χ1) is 7.25. The van der Waals surface area contributed by atoms with Crippen LogP contribution in [-0.2, 0) is 4.74 Å². The highest BCUT2D eigenvalue weighted by Gasteiger charge is 2.47. The Morgan fingerprint density at radius 1 is 1.33 bits per heavy atom. The molecule has 0 saturated carbocycles. The van der Waals surface area contributed by atoms with Crippen LogP contribution >= 0.6 is 0 Å². The molecule has 1 heteroatoms. The molecule has 0 radical (unpaired) electrons. The van der Waals surface area contributed by atoms with E-state index in [2.05, 4.69) is 26.8 Å². The summed E-state index contributed by atoms with van der Waals surface area (Å²) in [6.07, 6.45) is 8.63. The molecule has 0 amide bonds. The van der Waals surface area contributed by atoms with Crippen molar-refractivity contribution >= 4 is 0 Å². The lowest BCUT2D eigenvalue weighted by Crippen LogP contribution is -2.36. The lowest BCUT2D eigenvalue weighted by Gasteiger charge is -2.36. The van der Waals surface area contributed by atoms with E-state index in [0.29, 0.717) is 0 Å². The second-order valence-corrected chi connectivity index (χ2v) is 5.11. The summed E-state index contributed by atoms with van der Waals surface area (Å²) in [4.78, 5) is 0. The molecule has 2 rings (SSSR count). The van der Waals surface area contributed by atoms with Gasteiger partial charge in [-0.25, -0.2) is 0 Å². The molecule has 15 heavy (non-hydrogen) atoms. The van der Waals surface area contributed by atoms with E-state index in [4.69, 9.17) is 4.74 Å². The van der Waals surface area contributed by atoms with Gasteiger partial charge < -0.3 is 4.74 Å². The molecule has 2 atom stereocenters. The lowest BCUT2D eigenvalue weighted by atomic mass is 9.71. The van der Waals surface area contributed by atoms with Crippen molar-refractivity contribution in [2.75, 3.05) is 6.61 Å². The van der Waals surface area contributed by atoms with Gasteiger partial charge in [0.2, 0.25) is 0 Å². The fourth-order valence-corrected chi connectivity index (χ4v) is 3.52. The smallest absolute Gasteiger partial charge is 0.0712 e. The molecular formula is C14H24O. The lowest BCUT2D eigenvalue weighted by molar-refractivity contribution is -0.0275. The van der Waals surface area contributed by atoms with Crippen LogP contribution in [0.2, 0.25) is 0 Å². The van der Waals surface area contributed by atoms with Crippen molar-refractivity contribution in [3.63, 3.8) is 0 Å². The second-order valence-electron chi connectivity index (χ2n) is 5.11. The van der Waals surface area contributed by atoms with Gasteiger partial charge in [-0.05, 0) is 43.9 Å². The van der Waals surface area contributed by atoms with Gasteiger partial charge in [0.1, 0.15) is 0 Å². The summed E-state index contributed by atoms with van der Waals surface area (Å²) in [5.41, 5.74) is 1.86. The maximum absolute atomic E-state index is 6.15. The van der Waals surface area contributed by atoms with E-state index >= 15 is 0 Å². The Bertz CT molecular complexity index is 250. The first-order valence-corrected chi connectivity index (χ1v) is 6.57. The molecule has 1 nitrogen and oxygen atoms in total. The molecule has 2 unspecified atom stereocenters. The van der Waals surface area contributed by atoms with Gasteiger partial charge in [0, 0.05) is 0 Å². The number of ether oxygens (including phenoxy) is 1. The average molecular weight is 208 g/mol. The van der Waals surface area contributed by atoms with Crippen LogP contribution in [0.25, 0.3) is 0 Å². The predicted octanol–water partition coefficient (Wildman–Crippen LogP) is 3.94. The van der Waals surface area contributed by atoms with Gasteiger partial charge >= 0.3 is 0 Å². The van der Waals surface area contributed by atoms with Gasteiger partial charge in [0.05, 0.1) is 12.2 Å². The Hall–Kier alpha value is -0.300. The Labute approximate surface area is 93.9 Å². The predicted molar refractivity (Wildman–Crippen MR) is 63.9 cm³/mol. The van der Waals surface area contributed by atoms with E-state index < -0.39 is 0 Å². The Kier molecular flexibility index (Phi) is 3.20. The van der Waals surface area contributed by atoms with E-state index in [0.717, 1.165) is 18.4 Å². The van der Waals surface area contributed by atoms with Crippen LogP contribution in [0.4, 0.5) is 0 Å². The molecule has 1 saturated heterocycles. The Morgan fingerprint density at radius 2 is 2.07 bits per heavy atom. The van der Waals surface area contributed by atoms with Crippen LogP contribution in [0.5, 0.6) is 0 Å². The summed E-state index contributed by atoms with van der Waals surface area (Å²) < 4.78 is 6.15. The van der Waals surface area contributed by atoms with Gasteiger partial charge in [0.25, 0.3) is 0 Å². The zero-order chi connectivity index (χ0) is 10.9. The van der Waals surface area contributed by atoms with Crippen molar-refractivity contribution in [2.45, 2.75) is 58.5 Å². The molecule has 1 aliphatic heterocycles. The molecule has 1 aliphatic carbocycles. The van der Waals surface area contributed by atoms with Crippen molar-refractivity contribution in [3.05, 3.63) is 11.6 Å². The highest BCUT2D eigenvalue weighted by atomic mass is 16.5. The fourth-order valence-electron chi connectivity index (χ4n) is 3.52. The van der Waals surface area contributed by atoms with E-state index in [1.54, 1.807) is 5.57 Å². The van der Waals surface area contributed by atoms with Crippen LogP contribution in [0, 0.1) is 11.8 Å². The maximum Gasteiger partial charge on any atom is 0.0712 e. The maximum atomic E-state index is 6.15. The monoisotopic (exact) mass is 208 g/mol.